The van der Waals surface area contributed by atoms with Crippen molar-refractivity contribution < 1.29 is 5.11 Å². The van der Waals surface area contributed by atoms with Gasteiger partial charge in [-0.2, -0.15) is 0 Å². The van der Waals surface area contributed by atoms with E-state index in [1.54, 1.807) is 0 Å². The van der Waals surface area contributed by atoms with E-state index >= 15 is 0 Å². The number of aliphatic hydroxyl groups excluding tert-OH is 1. The first-order valence-electron chi connectivity index (χ1n) is 5.91. The van der Waals surface area contributed by atoms with Crippen LogP contribution in [0.25, 0.3) is 0 Å². The average Bonchev–Trinajstić information content (AvgIpc) is 2.27. The third-order valence-corrected chi connectivity index (χ3v) is 2.88. The Morgan fingerprint density at radius 3 is 2.38 bits per heavy atom. The molecule has 0 amide bonds. The smallest absolute Gasteiger partial charge is 0.0499 e. The van der Waals surface area contributed by atoms with Gasteiger partial charge in [0.05, 0.1) is 0 Å². The van der Waals surface area contributed by atoms with Crippen LogP contribution in [-0.2, 0) is 0 Å². The summed E-state index contributed by atoms with van der Waals surface area (Å²) in [5, 5.41) is 9.33. The fourth-order valence-electron chi connectivity index (χ4n) is 1.85. The maximum atomic E-state index is 9.33. The zero-order chi connectivity index (χ0) is 12.2. The molecule has 0 atom stereocenters. The lowest BCUT2D eigenvalue weighted by Gasteiger charge is -2.33. The van der Waals surface area contributed by atoms with E-state index in [2.05, 4.69) is 56.9 Å². The second-order valence-corrected chi connectivity index (χ2v) is 5.12. The Hall–Kier alpha value is -1.02. The number of hydrogen-bond donors (Lipinski definition) is 1. The largest absolute Gasteiger partial charge is 0.396 e. The molecule has 0 aliphatic carbocycles. The van der Waals surface area contributed by atoms with Gasteiger partial charge in [-0.1, -0.05) is 32.0 Å². The minimum absolute atomic E-state index is 0.0573. The van der Waals surface area contributed by atoms with Gasteiger partial charge in [0.15, 0.2) is 0 Å². The molecule has 0 saturated heterocycles. The summed E-state index contributed by atoms with van der Waals surface area (Å²) in [4.78, 5) is 2.32. The molecule has 0 unspecified atom stereocenters. The van der Waals surface area contributed by atoms with Crippen LogP contribution < -0.4 is 4.90 Å². The molecule has 1 aromatic carbocycles. The normalized spacial score (nSPS) is 11.6. The van der Waals surface area contributed by atoms with E-state index in [0.29, 0.717) is 0 Å². The van der Waals surface area contributed by atoms with Gasteiger partial charge >= 0.3 is 0 Å². The Balaban J connectivity index is 2.87. The molecule has 0 fully saturated rings. The van der Waals surface area contributed by atoms with Gasteiger partial charge < -0.3 is 10.0 Å². The summed E-state index contributed by atoms with van der Waals surface area (Å²) in [5.41, 5.74) is 2.50. The predicted octanol–water partition coefficient (Wildman–Crippen LogP) is 2.84. The third-order valence-electron chi connectivity index (χ3n) is 2.88. The van der Waals surface area contributed by atoms with Crippen molar-refractivity contribution in [1.82, 2.24) is 0 Å². The van der Waals surface area contributed by atoms with Crippen LogP contribution >= 0.6 is 0 Å². The van der Waals surface area contributed by atoms with E-state index in [1.807, 2.05) is 0 Å². The number of anilines is 1. The van der Waals surface area contributed by atoms with Crippen molar-refractivity contribution in [2.24, 2.45) is 5.41 Å². The average molecular weight is 221 g/mol. The van der Waals surface area contributed by atoms with E-state index in [4.69, 9.17) is 0 Å². The van der Waals surface area contributed by atoms with Gasteiger partial charge in [0.2, 0.25) is 0 Å². The van der Waals surface area contributed by atoms with Crippen molar-refractivity contribution in [2.45, 2.75) is 27.7 Å². The monoisotopic (exact) mass is 221 g/mol. The Bertz CT molecular complexity index is 333. The lowest BCUT2D eigenvalue weighted by atomic mass is 9.93. The summed E-state index contributed by atoms with van der Waals surface area (Å²) in [6, 6.07) is 8.40. The molecule has 0 bridgehead atoms. The van der Waals surface area contributed by atoms with Crippen LogP contribution in [0.4, 0.5) is 5.69 Å². The van der Waals surface area contributed by atoms with Gasteiger partial charge in [-0.05, 0) is 25.5 Å². The highest BCUT2D eigenvalue weighted by Crippen LogP contribution is 2.24. The highest BCUT2D eigenvalue weighted by atomic mass is 16.3. The van der Waals surface area contributed by atoms with Gasteiger partial charge in [0.25, 0.3) is 0 Å². The van der Waals surface area contributed by atoms with Crippen molar-refractivity contribution in [3.63, 3.8) is 0 Å². The van der Waals surface area contributed by atoms with E-state index in [9.17, 15) is 5.11 Å². The molecule has 1 rings (SSSR count). The van der Waals surface area contributed by atoms with Crippen LogP contribution in [0.3, 0.4) is 0 Å². The first kappa shape index (κ1) is 13.0. The molecule has 0 saturated carbocycles. The van der Waals surface area contributed by atoms with Crippen molar-refractivity contribution in [1.29, 1.82) is 0 Å². The van der Waals surface area contributed by atoms with Crippen molar-refractivity contribution in [2.75, 3.05) is 24.6 Å². The van der Waals surface area contributed by atoms with E-state index in [0.717, 1.165) is 13.1 Å². The SMILES string of the molecule is CCN(CC(C)(C)CO)c1ccccc1C. The first-order valence-corrected chi connectivity index (χ1v) is 5.91. The number of aryl methyl sites for hydroxylation is 1. The molecule has 0 heterocycles. The predicted molar refractivity (Wildman–Crippen MR) is 69.9 cm³/mol. The van der Waals surface area contributed by atoms with Crippen LogP contribution in [-0.4, -0.2) is 24.8 Å². The van der Waals surface area contributed by atoms with Gasteiger partial charge in [-0.25, -0.2) is 0 Å². The lowest BCUT2D eigenvalue weighted by Crippen LogP contribution is -2.36. The number of para-hydroxylation sites is 1. The molecule has 2 nitrogen and oxygen atoms in total. The number of rotatable bonds is 5. The Morgan fingerprint density at radius 1 is 1.25 bits per heavy atom. The Morgan fingerprint density at radius 2 is 1.88 bits per heavy atom. The molecule has 2 heteroatoms. The molecule has 0 aliphatic heterocycles. The van der Waals surface area contributed by atoms with Gasteiger partial charge in [0.1, 0.15) is 0 Å². The lowest BCUT2D eigenvalue weighted by molar-refractivity contribution is 0.164. The van der Waals surface area contributed by atoms with Gasteiger partial charge in [-0.15, -0.1) is 0 Å². The van der Waals surface area contributed by atoms with E-state index in [-0.39, 0.29) is 12.0 Å². The fraction of sp³-hybridized carbons (Fsp3) is 0.571. The Labute approximate surface area is 98.9 Å². The first-order chi connectivity index (χ1) is 7.50. The van der Waals surface area contributed by atoms with Crippen LogP contribution in [0.1, 0.15) is 26.3 Å². The molecular formula is C14H23NO. The molecule has 0 radical (unpaired) electrons. The molecule has 0 aromatic heterocycles. The van der Waals surface area contributed by atoms with E-state index < -0.39 is 0 Å². The number of nitrogens with zero attached hydrogens (tertiary/aromatic N) is 1. The summed E-state index contributed by atoms with van der Waals surface area (Å²) < 4.78 is 0. The molecule has 90 valence electrons. The standard InChI is InChI=1S/C14H23NO/c1-5-15(10-14(3,4)11-16)13-9-7-6-8-12(13)2/h6-9,16H,5,10-11H2,1-4H3. The molecule has 16 heavy (non-hydrogen) atoms. The molecular weight excluding hydrogens is 198 g/mol. The third kappa shape index (κ3) is 3.24. The molecule has 1 aromatic rings. The van der Waals surface area contributed by atoms with Crippen molar-refractivity contribution >= 4 is 5.69 Å². The summed E-state index contributed by atoms with van der Waals surface area (Å²) in [6.45, 7) is 10.5. The maximum absolute atomic E-state index is 9.33. The highest BCUT2D eigenvalue weighted by molar-refractivity contribution is 5.53. The topological polar surface area (TPSA) is 23.5 Å². The number of hydrogen-bond acceptors (Lipinski definition) is 2. The van der Waals surface area contributed by atoms with Crippen LogP contribution in [0.2, 0.25) is 0 Å². The van der Waals surface area contributed by atoms with Crippen LogP contribution in [0.15, 0.2) is 24.3 Å². The minimum Gasteiger partial charge on any atom is -0.396 e. The summed E-state index contributed by atoms with van der Waals surface area (Å²) in [6.07, 6.45) is 0. The van der Waals surface area contributed by atoms with Gasteiger partial charge in [0, 0.05) is 30.8 Å². The second kappa shape index (κ2) is 5.35. The second-order valence-electron chi connectivity index (χ2n) is 5.12. The number of benzene rings is 1. The fourth-order valence-corrected chi connectivity index (χ4v) is 1.85. The quantitative estimate of drug-likeness (QED) is 0.826. The van der Waals surface area contributed by atoms with Gasteiger partial charge in [-0.3, -0.25) is 0 Å². The maximum Gasteiger partial charge on any atom is 0.0499 e. The summed E-state index contributed by atoms with van der Waals surface area (Å²) >= 11 is 0. The van der Waals surface area contributed by atoms with Crippen molar-refractivity contribution in [3.8, 4) is 0 Å². The molecule has 1 N–H and O–H groups in total. The zero-order valence-corrected chi connectivity index (χ0v) is 10.8. The highest BCUT2D eigenvalue weighted by Gasteiger charge is 2.20. The zero-order valence-electron chi connectivity index (χ0n) is 10.8. The van der Waals surface area contributed by atoms with E-state index in [1.165, 1.54) is 11.3 Å². The number of aliphatic hydroxyl groups is 1. The summed E-state index contributed by atoms with van der Waals surface area (Å²) in [7, 11) is 0. The molecule has 0 spiro atoms. The minimum atomic E-state index is -0.0573. The Kier molecular flexibility index (Phi) is 4.36. The molecule has 0 aliphatic rings. The van der Waals surface area contributed by atoms with Crippen LogP contribution in [0.5, 0.6) is 0 Å². The van der Waals surface area contributed by atoms with Crippen molar-refractivity contribution in [3.05, 3.63) is 29.8 Å². The summed E-state index contributed by atoms with van der Waals surface area (Å²) in [5.74, 6) is 0. The van der Waals surface area contributed by atoms with Crippen LogP contribution in [0, 0.1) is 12.3 Å².